The van der Waals surface area contributed by atoms with Crippen molar-refractivity contribution in [1.29, 1.82) is 0 Å². The molecule has 0 fully saturated rings. The minimum absolute atomic E-state index is 0.00198. The van der Waals surface area contributed by atoms with E-state index in [1.54, 1.807) is 38.1 Å². The molecule has 0 N–H and O–H groups in total. The summed E-state index contributed by atoms with van der Waals surface area (Å²) in [5.41, 5.74) is 1.67. The van der Waals surface area contributed by atoms with Crippen LogP contribution < -0.4 is 0 Å². The first kappa shape index (κ1) is 20.9. The van der Waals surface area contributed by atoms with E-state index in [0.29, 0.717) is 16.7 Å². The van der Waals surface area contributed by atoms with Crippen LogP contribution in [-0.4, -0.2) is 30.0 Å². The van der Waals surface area contributed by atoms with Crippen molar-refractivity contribution in [2.24, 2.45) is 0 Å². The molecular formula is C17H19ClO6S2. The Hall–Kier alpha value is -1.45. The van der Waals surface area contributed by atoms with Crippen LogP contribution in [0.3, 0.4) is 0 Å². The van der Waals surface area contributed by atoms with Gasteiger partial charge in [-0.15, -0.1) is 11.6 Å². The van der Waals surface area contributed by atoms with Gasteiger partial charge in [0.1, 0.15) is 0 Å². The molecule has 0 saturated heterocycles. The van der Waals surface area contributed by atoms with E-state index in [-0.39, 0.29) is 28.9 Å². The summed E-state index contributed by atoms with van der Waals surface area (Å²) in [7, 11) is -7.71. The quantitative estimate of drug-likeness (QED) is 0.481. The Morgan fingerprint density at radius 3 is 1.88 bits per heavy atom. The summed E-state index contributed by atoms with van der Waals surface area (Å²) in [6.07, 6.45) is 0. The van der Waals surface area contributed by atoms with Gasteiger partial charge >= 0.3 is 0 Å². The lowest BCUT2D eigenvalue weighted by Gasteiger charge is -2.11. The molecule has 0 unspecified atom stereocenters. The number of hydrogen-bond acceptors (Lipinski definition) is 6. The highest BCUT2D eigenvalue weighted by Crippen LogP contribution is 2.28. The third-order valence-corrected chi connectivity index (χ3v) is 6.65. The molecule has 142 valence electrons. The van der Waals surface area contributed by atoms with Gasteiger partial charge in [0.15, 0.2) is 0 Å². The third kappa shape index (κ3) is 4.63. The third-order valence-electron chi connectivity index (χ3n) is 3.50. The molecule has 2 aromatic rings. The minimum Gasteiger partial charge on any atom is -0.267 e. The zero-order valence-corrected chi connectivity index (χ0v) is 16.7. The fourth-order valence-electron chi connectivity index (χ4n) is 2.33. The molecule has 9 heteroatoms. The minimum atomic E-state index is -3.92. The molecule has 2 aromatic carbocycles. The van der Waals surface area contributed by atoms with Crippen molar-refractivity contribution >= 4 is 31.8 Å². The first-order chi connectivity index (χ1) is 12.2. The number of halogens is 1. The molecule has 0 saturated carbocycles. The van der Waals surface area contributed by atoms with Crippen LogP contribution in [0.1, 0.15) is 19.4 Å². The highest BCUT2D eigenvalue weighted by atomic mass is 35.5. The Bertz CT molecular complexity index is 967. The lowest BCUT2D eigenvalue weighted by atomic mass is 10.0. The second-order valence-electron chi connectivity index (χ2n) is 5.20. The van der Waals surface area contributed by atoms with E-state index >= 15 is 0 Å². The summed E-state index contributed by atoms with van der Waals surface area (Å²) in [5, 5.41) is 0. The summed E-state index contributed by atoms with van der Waals surface area (Å²) < 4.78 is 57.9. The highest BCUT2D eigenvalue weighted by molar-refractivity contribution is 7.87. The Labute approximate surface area is 159 Å². The molecule has 0 aliphatic carbocycles. The maximum atomic E-state index is 12.3. The Morgan fingerprint density at radius 1 is 0.808 bits per heavy atom. The maximum Gasteiger partial charge on any atom is 0.297 e. The van der Waals surface area contributed by atoms with Crippen LogP contribution in [0.15, 0.2) is 52.3 Å². The van der Waals surface area contributed by atoms with E-state index in [1.807, 2.05) is 0 Å². The van der Waals surface area contributed by atoms with E-state index in [4.69, 9.17) is 20.0 Å². The van der Waals surface area contributed by atoms with E-state index in [2.05, 4.69) is 0 Å². The summed E-state index contributed by atoms with van der Waals surface area (Å²) in [6.45, 7) is 3.23. The lowest BCUT2D eigenvalue weighted by Crippen LogP contribution is -2.09. The molecule has 0 spiro atoms. The van der Waals surface area contributed by atoms with Crippen molar-refractivity contribution in [3.8, 4) is 11.1 Å². The number of hydrogen-bond donors (Lipinski definition) is 0. The van der Waals surface area contributed by atoms with E-state index < -0.39 is 20.2 Å². The topological polar surface area (TPSA) is 86.7 Å². The predicted molar refractivity (Wildman–Crippen MR) is 99.1 cm³/mol. The zero-order valence-electron chi connectivity index (χ0n) is 14.3. The van der Waals surface area contributed by atoms with Crippen LogP contribution in [0.25, 0.3) is 11.1 Å². The molecule has 26 heavy (non-hydrogen) atoms. The van der Waals surface area contributed by atoms with Gasteiger partial charge < -0.3 is 0 Å². The molecule has 0 heterocycles. The van der Waals surface area contributed by atoms with Crippen molar-refractivity contribution in [3.05, 3.63) is 48.0 Å². The Kier molecular flexibility index (Phi) is 6.81. The van der Waals surface area contributed by atoms with Gasteiger partial charge in [-0.3, -0.25) is 8.37 Å². The summed E-state index contributed by atoms with van der Waals surface area (Å²) in [4.78, 5) is 0.0282. The molecule has 0 radical (unpaired) electrons. The van der Waals surface area contributed by atoms with Crippen LogP contribution in [0, 0.1) is 0 Å². The van der Waals surface area contributed by atoms with Crippen molar-refractivity contribution in [2.75, 3.05) is 13.2 Å². The van der Waals surface area contributed by atoms with Crippen LogP contribution in [0.2, 0.25) is 0 Å². The zero-order chi connectivity index (χ0) is 19.4. The van der Waals surface area contributed by atoms with Gasteiger partial charge in [0.05, 0.1) is 23.0 Å². The van der Waals surface area contributed by atoms with Crippen LogP contribution in [0.4, 0.5) is 0 Å². The largest absolute Gasteiger partial charge is 0.297 e. The first-order valence-electron chi connectivity index (χ1n) is 7.83. The number of rotatable bonds is 8. The van der Waals surface area contributed by atoms with Gasteiger partial charge in [0, 0.05) is 5.88 Å². The first-order valence-corrected chi connectivity index (χ1v) is 11.2. The molecule has 0 bridgehead atoms. The van der Waals surface area contributed by atoms with E-state index in [1.165, 1.54) is 18.2 Å². The van der Waals surface area contributed by atoms with Crippen LogP contribution in [0.5, 0.6) is 0 Å². The SMILES string of the molecule is CCOS(=O)(=O)c1ccc(-c2ccc(CCl)c(S(=O)(=O)OCC)c2)cc1. The smallest absolute Gasteiger partial charge is 0.267 e. The van der Waals surface area contributed by atoms with E-state index in [0.717, 1.165) is 0 Å². The van der Waals surface area contributed by atoms with Crippen molar-refractivity contribution in [1.82, 2.24) is 0 Å². The normalized spacial score (nSPS) is 12.3. The second kappa shape index (κ2) is 8.49. The summed E-state index contributed by atoms with van der Waals surface area (Å²) in [6, 6.07) is 10.8. The second-order valence-corrected chi connectivity index (χ2v) is 8.67. The van der Waals surface area contributed by atoms with Gasteiger partial charge in [-0.05, 0) is 48.7 Å². The molecule has 0 aliphatic heterocycles. The maximum absolute atomic E-state index is 12.3. The van der Waals surface area contributed by atoms with Crippen molar-refractivity contribution < 1.29 is 25.2 Å². The summed E-state index contributed by atoms with van der Waals surface area (Å²) in [5.74, 6) is 0.0213. The molecule has 0 amide bonds. The fourth-order valence-corrected chi connectivity index (χ4v) is 4.73. The van der Waals surface area contributed by atoms with Gasteiger partial charge in [0.2, 0.25) is 0 Å². The number of benzene rings is 2. The van der Waals surface area contributed by atoms with Gasteiger partial charge in [-0.2, -0.15) is 16.8 Å². The molecule has 2 rings (SSSR count). The average Bonchev–Trinajstić information content (AvgIpc) is 2.61. The van der Waals surface area contributed by atoms with Gasteiger partial charge in [0.25, 0.3) is 20.2 Å². The summed E-state index contributed by atoms with van der Waals surface area (Å²) >= 11 is 5.84. The standard InChI is InChI=1S/C17H19ClO6S2/c1-3-23-25(19,20)16-9-7-13(8-10-16)14-5-6-15(12-18)17(11-14)26(21,22)24-4-2/h5-11H,3-4,12H2,1-2H3. The average molecular weight is 419 g/mol. The van der Waals surface area contributed by atoms with Gasteiger partial charge in [-0.1, -0.05) is 24.3 Å². The monoisotopic (exact) mass is 418 g/mol. The van der Waals surface area contributed by atoms with Crippen molar-refractivity contribution in [3.63, 3.8) is 0 Å². The molecule has 6 nitrogen and oxygen atoms in total. The Balaban J connectivity index is 2.47. The lowest BCUT2D eigenvalue weighted by molar-refractivity contribution is 0.337. The predicted octanol–water partition coefficient (Wildman–Crippen LogP) is 3.54. The fraction of sp³-hybridized carbons (Fsp3) is 0.294. The number of alkyl halides is 1. The van der Waals surface area contributed by atoms with Crippen LogP contribution in [-0.2, 0) is 34.5 Å². The molecular weight excluding hydrogens is 400 g/mol. The van der Waals surface area contributed by atoms with E-state index in [9.17, 15) is 16.8 Å². The van der Waals surface area contributed by atoms with Crippen molar-refractivity contribution in [2.45, 2.75) is 29.5 Å². The molecule has 0 atom stereocenters. The Morgan fingerprint density at radius 2 is 1.35 bits per heavy atom. The van der Waals surface area contributed by atoms with Crippen LogP contribution >= 0.6 is 11.6 Å². The molecule has 0 aromatic heterocycles. The highest BCUT2D eigenvalue weighted by Gasteiger charge is 2.20. The van der Waals surface area contributed by atoms with Gasteiger partial charge in [-0.25, -0.2) is 0 Å². The molecule has 0 aliphatic rings.